The van der Waals surface area contributed by atoms with Crippen LogP contribution in [0.1, 0.15) is 13.8 Å². The van der Waals surface area contributed by atoms with Gasteiger partial charge in [-0.1, -0.05) is 38.2 Å². The molecule has 0 saturated carbocycles. The molecule has 2 aliphatic rings. The summed E-state index contributed by atoms with van der Waals surface area (Å²) in [6.45, 7) is 6.11. The molecule has 1 aliphatic heterocycles. The minimum Gasteiger partial charge on any atom is -0.341 e. The molecular formula is C12H17NO. The van der Waals surface area contributed by atoms with E-state index in [2.05, 4.69) is 19.9 Å². The lowest BCUT2D eigenvalue weighted by Gasteiger charge is -2.18. The summed E-state index contributed by atoms with van der Waals surface area (Å²) in [5.41, 5.74) is 0. The number of amides is 1. The molecule has 1 heterocycles. The Morgan fingerprint density at radius 2 is 2.14 bits per heavy atom. The first-order chi connectivity index (χ1) is 6.68. The number of fused-ring (bicyclic) bond motifs is 1. The van der Waals surface area contributed by atoms with Crippen molar-refractivity contribution in [1.29, 1.82) is 0 Å². The van der Waals surface area contributed by atoms with Crippen LogP contribution in [0, 0.1) is 17.8 Å². The maximum absolute atomic E-state index is 11.9. The number of hydrogen-bond acceptors (Lipinski definition) is 1. The smallest absolute Gasteiger partial charge is 0.230 e. The molecule has 2 rings (SSSR count). The molecule has 0 N–H and O–H groups in total. The molecular weight excluding hydrogens is 174 g/mol. The number of rotatable bonds is 2. The third-order valence-electron chi connectivity index (χ3n) is 2.86. The van der Waals surface area contributed by atoms with Crippen molar-refractivity contribution in [2.75, 3.05) is 13.1 Å². The van der Waals surface area contributed by atoms with Crippen LogP contribution in [0.3, 0.4) is 0 Å². The molecule has 0 aromatic carbocycles. The van der Waals surface area contributed by atoms with Crippen LogP contribution in [-0.2, 0) is 4.79 Å². The van der Waals surface area contributed by atoms with Crippen LogP contribution in [-0.4, -0.2) is 23.9 Å². The molecule has 0 spiro atoms. The largest absolute Gasteiger partial charge is 0.341 e. The molecule has 0 radical (unpaired) electrons. The first-order valence-electron chi connectivity index (χ1n) is 5.32. The monoisotopic (exact) mass is 191 g/mol. The third-order valence-corrected chi connectivity index (χ3v) is 2.86. The van der Waals surface area contributed by atoms with Crippen LogP contribution in [0.5, 0.6) is 0 Å². The highest BCUT2D eigenvalue weighted by atomic mass is 16.2. The Morgan fingerprint density at radius 1 is 1.43 bits per heavy atom. The number of allylic oxidation sites excluding steroid dienone is 2. The van der Waals surface area contributed by atoms with Gasteiger partial charge in [0.15, 0.2) is 0 Å². The van der Waals surface area contributed by atoms with Crippen LogP contribution in [0.25, 0.3) is 0 Å². The lowest BCUT2D eigenvalue weighted by atomic mass is 9.92. The zero-order valence-corrected chi connectivity index (χ0v) is 8.81. The SMILES string of the molecule is CC(C)CN1CC2C=CC=CC2C1=O. The number of carbonyl (C=O) groups excluding carboxylic acids is 1. The van der Waals surface area contributed by atoms with Crippen LogP contribution >= 0.6 is 0 Å². The quantitative estimate of drug-likeness (QED) is 0.652. The molecule has 1 saturated heterocycles. The summed E-state index contributed by atoms with van der Waals surface area (Å²) in [6, 6.07) is 0. The predicted octanol–water partition coefficient (Wildman–Crippen LogP) is 1.84. The van der Waals surface area contributed by atoms with Gasteiger partial charge in [0.05, 0.1) is 5.92 Å². The van der Waals surface area contributed by atoms with Gasteiger partial charge >= 0.3 is 0 Å². The van der Waals surface area contributed by atoms with Crippen LogP contribution < -0.4 is 0 Å². The standard InChI is InChI=1S/C12H17NO/c1-9(2)7-13-8-10-5-3-4-6-11(10)12(13)14/h3-6,9-11H,7-8H2,1-2H3. The predicted molar refractivity (Wildman–Crippen MR) is 56.7 cm³/mol. The molecule has 14 heavy (non-hydrogen) atoms. The van der Waals surface area contributed by atoms with Crippen molar-refractivity contribution in [3.05, 3.63) is 24.3 Å². The lowest BCUT2D eigenvalue weighted by Crippen LogP contribution is -2.30. The van der Waals surface area contributed by atoms with E-state index in [1.807, 2.05) is 23.1 Å². The van der Waals surface area contributed by atoms with E-state index in [9.17, 15) is 4.79 Å². The second kappa shape index (κ2) is 3.60. The molecule has 1 aliphatic carbocycles. The van der Waals surface area contributed by atoms with Crippen LogP contribution in [0.15, 0.2) is 24.3 Å². The van der Waals surface area contributed by atoms with Crippen molar-refractivity contribution < 1.29 is 4.79 Å². The van der Waals surface area contributed by atoms with Gasteiger partial charge in [0.1, 0.15) is 0 Å². The van der Waals surface area contributed by atoms with Crippen molar-refractivity contribution >= 4 is 5.91 Å². The lowest BCUT2D eigenvalue weighted by molar-refractivity contribution is -0.130. The van der Waals surface area contributed by atoms with Crippen LogP contribution in [0.2, 0.25) is 0 Å². The average Bonchev–Trinajstić information content (AvgIpc) is 2.44. The van der Waals surface area contributed by atoms with E-state index in [0.29, 0.717) is 17.7 Å². The molecule has 0 bridgehead atoms. The molecule has 2 unspecified atom stereocenters. The number of carbonyl (C=O) groups is 1. The topological polar surface area (TPSA) is 20.3 Å². The Labute approximate surface area is 85.3 Å². The molecule has 2 atom stereocenters. The summed E-state index contributed by atoms with van der Waals surface area (Å²) in [6.07, 6.45) is 8.22. The first kappa shape index (κ1) is 9.50. The third kappa shape index (κ3) is 1.61. The van der Waals surface area contributed by atoms with Crippen molar-refractivity contribution in [2.24, 2.45) is 17.8 Å². The van der Waals surface area contributed by atoms with Crippen molar-refractivity contribution in [1.82, 2.24) is 4.90 Å². The van der Waals surface area contributed by atoms with Gasteiger partial charge in [-0.25, -0.2) is 0 Å². The normalized spacial score (nSPS) is 30.2. The molecule has 0 aromatic heterocycles. The average molecular weight is 191 g/mol. The highest BCUT2D eigenvalue weighted by Gasteiger charge is 2.37. The van der Waals surface area contributed by atoms with E-state index in [1.54, 1.807) is 0 Å². The molecule has 1 amide bonds. The Hall–Kier alpha value is -1.05. The number of likely N-dealkylation sites (tertiary alicyclic amines) is 1. The van der Waals surface area contributed by atoms with E-state index in [-0.39, 0.29) is 5.92 Å². The van der Waals surface area contributed by atoms with Gasteiger partial charge in [0.25, 0.3) is 0 Å². The maximum atomic E-state index is 11.9. The summed E-state index contributed by atoms with van der Waals surface area (Å²) in [5.74, 6) is 1.42. The van der Waals surface area contributed by atoms with E-state index in [0.717, 1.165) is 13.1 Å². The molecule has 2 heteroatoms. The zero-order chi connectivity index (χ0) is 10.1. The molecule has 1 fully saturated rings. The van der Waals surface area contributed by atoms with Gasteiger partial charge in [-0.15, -0.1) is 0 Å². The Balaban J connectivity index is 2.08. The first-order valence-corrected chi connectivity index (χ1v) is 5.32. The number of nitrogens with zero attached hydrogens (tertiary/aromatic N) is 1. The van der Waals surface area contributed by atoms with Crippen molar-refractivity contribution in [3.63, 3.8) is 0 Å². The van der Waals surface area contributed by atoms with Gasteiger partial charge in [-0.05, 0) is 5.92 Å². The number of hydrogen-bond donors (Lipinski definition) is 0. The Morgan fingerprint density at radius 3 is 2.79 bits per heavy atom. The highest BCUT2D eigenvalue weighted by Crippen LogP contribution is 2.29. The fourth-order valence-electron chi connectivity index (χ4n) is 2.25. The van der Waals surface area contributed by atoms with Gasteiger partial charge in [-0.2, -0.15) is 0 Å². The van der Waals surface area contributed by atoms with E-state index in [1.165, 1.54) is 0 Å². The van der Waals surface area contributed by atoms with E-state index in [4.69, 9.17) is 0 Å². The minimum absolute atomic E-state index is 0.124. The van der Waals surface area contributed by atoms with Crippen molar-refractivity contribution in [2.45, 2.75) is 13.8 Å². The zero-order valence-electron chi connectivity index (χ0n) is 8.81. The summed E-state index contributed by atoms with van der Waals surface area (Å²) in [7, 11) is 0. The van der Waals surface area contributed by atoms with Crippen molar-refractivity contribution in [3.8, 4) is 0 Å². The summed E-state index contributed by atoms with van der Waals surface area (Å²) < 4.78 is 0. The minimum atomic E-state index is 0.124. The van der Waals surface area contributed by atoms with Gasteiger partial charge < -0.3 is 4.90 Å². The van der Waals surface area contributed by atoms with E-state index >= 15 is 0 Å². The van der Waals surface area contributed by atoms with Gasteiger partial charge in [0, 0.05) is 19.0 Å². The van der Waals surface area contributed by atoms with Gasteiger partial charge in [-0.3, -0.25) is 4.79 Å². The fraction of sp³-hybridized carbons (Fsp3) is 0.583. The van der Waals surface area contributed by atoms with E-state index < -0.39 is 0 Å². The Bertz CT molecular complexity index is 291. The highest BCUT2D eigenvalue weighted by molar-refractivity contribution is 5.84. The maximum Gasteiger partial charge on any atom is 0.230 e. The summed E-state index contributed by atoms with van der Waals surface area (Å²) in [5, 5.41) is 0. The molecule has 2 nitrogen and oxygen atoms in total. The fourth-order valence-corrected chi connectivity index (χ4v) is 2.25. The van der Waals surface area contributed by atoms with Crippen LogP contribution in [0.4, 0.5) is 0 Å². The Kier molecular flexibility index (Phi) is 2.44. The second-order valence-corrected chi connectivity index (χ2v) is 4.60. The summed E-state index contributed by atoms with van der Waals surface area (Å²) in [4.78, 5) is 13.9. The van der Waals surface area contributed by atoms with Gasteiger partial charge in [0.2, 0.25) is 5.91 Å². The molecule has 0 aromatic rings. The summed E-state index contributed by atoms with van der Waals surface area (Å²) >= 11 is 0. The second-order valence-electron chi connectivity index (χ2n) is 4.60. The molecule has 76 valence electrons.